The average Bonchev–Trinajstić information content (AvgIpc) is 2.65. The minimum atomic E-state index is -0.213. The van der Waals surface area contributed by atoms with Crippen LogP contribution in [0.15, 0.2) is 47.3 Å². The fourth-order valence-electron chi connectivity index (χ4n) is 3.01. The SMILES string of the molecule is O=C(CCc1cc2cc3c(cc2[nH]c1=O)OCCO3)Nc1cccc(Cl)c1. The fourth-order valence-corrected chi connectivity index (χ4v) is 3.20. The van der Waals surface area contributed by atoms with Crippen LogP contribution >= 0.6 is 11.6 Å². The minimum absolute atomic E-state index is 0.182. The first-order valence-electron chi connectivity index (χ1n) is 8.59. The molecule has 6 nitrogen and oxygen atoms in total. The second-order valence-electron chi connectivity index (χ2n) is 6.27. The van der Waals surface area contributed by atoms with Crippen molar-refractivity contribution in [1.29, 1.82) is 0 Å². The number of H-pyrrole nitrogens is 1. The number of carbonyl (C=O) groups is 1. The van der Waals surface area contributed by atoms with Gasteiger partial charge in [-0.2, -0.15) is 0 Å². The van der Waals surface area contributed by atoms with Crippen LogP contribution in [0, 0.1) is 0 Å². The van der Waals surface area contributed by atoms with Gasteiger partial charge in [-0.25, -0.2) is 0 Å². The van der Waals surface area contributed by atoms with Crippen LogP contribution in [0.1, 0.15) is 12.0 Å². The van der Waals surface area contributed by atoms with E-state index in [-0.39, 0.29) is 17.9 Å². The van der Waals surface area contributed by atoms with Crippen LogP contribution in [0.2, 0.25) is 5.02 Å². The van der Waals surface area contributed by atoms with E-state index >= 15 is 0 Å². The van der Waals surface area contributed by atoms with Crippen molar-refractivity contribution in [3.8, 4) is 11.5 Å². The molecule has 0 radical (unpaired) electrons. The van der Waals surface area contributed by atoms with Crippen LogP contribution < -0.4 is 20.3 Å². The Balaban J connectivity index is 1.50. The molecule has 0 atom stereocenters. The summed E-state index contributed by atoms with van der Waals surface area (Å²) in [7, 11) is 0. The van der Waals surface area contributed by atoms with E-state index < -0.39 is 0 Å². The summed E-state index contributed by atoms with van der Waals surface area (Å²) in [5.74, 6) is 1.10. The summed E-state index contributed by atoms with van der Waals surface area (Å²) in [5, 5.41) is 4.16. The molecule has 2 N–H and O–H groups in total. The highest BCUT2D eigenvalue weighted by Gasteiger charge is 2.14. The number of nitrogens with one attached hydrogen (secondary N) is 2. The summed E-state index contributed by atoms with van der Waals surface area (Å²) >= 11 is 5.91. The summed E-state index contributed by atoms with van der Waals surface area (Å²) < 4.78 is 11.1. The van der Waals surface area contributed by atoms with Crippen LogP contribution in [0.5, 0.6) is 11.5 Å². The molecule has 0 unspecified atom stereocenters. The van der Waals surface area contributed by atoms with E-state index in [9.17, 15) is 9.59 Å². The Bertz CT molecular complexity index is 1080. The van der Waals surface area contributed by atoms with E-state index in [1.54, 1.807) is 36.4 Å². The number of aryl methyl sites for hydroxylation is 1. The van der Waals surface area contributed by atoms with Gasteiger partial charge in [0.1, 0.15) is 13.2 Å². The van der Waals surface area contributed by atoms with Crippen LogP contribution in [0.3, 0.4) is 0 Å². The molecule has 138 valence electrons. The predicted molar refractivity (Wildman–Crippen MR) is 104 cm³/mol. The summed E-state index contributed by atoms with van der Waals surface area (Å²) in [6.07, 6.45) is 0.512. The normalized spacial score (nSPS) is 12.8. The Labute approximate surface area is 160 Å². The molecule has 1 amide bonds. The van der Waals surface area contributed by atoms with Gasteiger partial charge >= 0.3 is 0 Å². The second-order valence-corrected chi connectivity index (χ2v) is 6.70. The summed E-state index contributed by atoms with van der Waals surface area (Å²) in [5.41, 5.74) is 1.63. The van der Waals surface area contributed by atoms with Gasteiger partial charge in [0.25, 0.3) is 5.56 Å². The number of aromatic nitrogens is 1. The van der Waals surface area contributed by atoms with Crippen molar-refractivity contribution in [2.45, 2.75) is 12.8 Å². The van der Waals surface area contributed by atoms with E-state index in [1.165, 1.54) is 0 Å². The van der Waals surface area contributed by atoms with Gasteiger partial charge in [-0.15, -0.1) is 0 Å². The van der Waals surface area contributed by atoms with Gasteiger partial charge in [0, 0.05) is 34.1 Å². The first kappa shape index (κ1) is 17.4. The fraction of sp³-hybridized carbons (Fsp3) is 0.200. The van der Waals surface area contributed by atoms with Crippen LogP contribution in [0.25, 0.3) is 10.9 Å². The number of hydrogen-bond donors (Lipinski definition) is 2. The van der Waals surface area contributed by atoms with Gasteiger partial charge in [-0.1, -0.05) is 17.7 Å². The highest BCUT2D eigenvalue weighted by molar-refractivity contribution is 6.30. The zero-order valence-corrected chi connectivity index (χ0v) is 15.1. The van der Waals surface area contributed by atoms with Crippen molar-refractivity contribution in [2.75, 3.05) is 18.5 Å². The third kappa shape index (κ3) is 3.90. The van der Waals surface area contributed by atoms with E-state index in [1.807, 2.05) is 6.07 Å². The molecule has 0 fully saturated rings. The molecule has 1 aromatic heterocycles. The van der Waals surface area contributed by atoms with Crippen molar-refractivity contribution < 1.29 is 14.3 Å². The Kier molecular flexibility index (Phi) is 4.73. The van der Waals surface area contributed by atoms with Crippen molar-refractivity contribution in [3.05, 3.63) is 63.4 Å². The monoisotopic (exact) mass is 384 g/mol. The number of hydrogen-bond acceptors (Lipinski definition) is 4. The smallest absolute Gasteiger partial charge is 0.251 e. The lowest BCUT2D eigenvalue weighted by Crippen LogP contribution is -2.18. The van der Waals surface area contributed by atoms with E-state index in [4.69, 9.17) is 21.1 Å². The maximum atomic E-state index is 12.3. The van der Waals surface area contributed by atoms with E-state index in [0.717, 1.165) is 5.39 Å². The molecule has 2 heterocycles. The van der Waals surface area contributed by atoms with Crippen molar-refractivity contribution in [2.24, 2.45) is 0 Å². The number of amides is 1. The van der Waals surface area contributed by atoms with E-state index in [2.05, 4.69) is 10.3 Å². The summed E-state index contributed by atoms with van der Waals surface area (Å²) in [6, 6.07) is 12.3. The van der Waals surface area contributed by atoms with Gasteiger partial charge < -0.3 is 19.8 Å². The molecule has 27 heavy (non-hydrogen) atoms. The molecule has 2 aromatic carbocycles. The predicted octanol–water partition coefficient (Wildman–Crippen LogP) is 3.52. The van der Waals surface area contributed by atoms with Gasteiger partial charge in [-0.05, 0) is 36.8 Å². The van der Waals surface area contributed by atoms with Crippen LogP contribution in [0.4, 0.5) is 5.69 Å². The molecule has 0 saturated heterocycles. The molecule has 3 aromatic rings. The summed E-state index contributed by atoms with van der Waals surface area (Å²) in [6.45, 7) is 0.987. The lowest BCUT2D eigenvalue weighted by Gasteiger charge is -2.18. The Morgan fingerprint density at radius 1 is 1.11 bits per heavy atom. The number of ether oxygens (including phenoxy) is 2. The first-order chi connectivity index (χ1) is 13.1. The molecule has 1 aliphatic rings. The number of pyridine rings is 1. The van der Waals surface area contributed by atoms with Gasteiger partial charge in [0.2, 0.25) is 5.91 Å². The molecule has 0 saturated carbocycles. The number of benzene rings is 2. The number of carbonyl (C=O) groups excluding carboxylic acids is 1. The van der Waals surface area contributed by atoms with Gasteiger partial charge in [-0.3, -0.25) is 9.59 Å². The van der Waals surface area contributed by atoms with Crippen molar-refractivity contribution >= 4 is 34.1 Å². The largest absolute Gasteiger partial charge is 0.486 e. The average molecular weight is 385 g/mol. The molecule has 1 aliphatic heterocycles. The number of rotatable bonds is 4. The topological polar surface area (TPSA) is 80.4 Å². The van der Waals surface area contributed by atoms with E-state index in [0.29, 0.717) is 52.9 Å². The zero-order valence-electron chi connectivity index (χ0n) is 14.4. The number of aromatic amines is 1. The highest BCUT2D eigenvalue weighted by Crippen LogP contribution is 2.33. The zero-order chi connectivity index (χ0) is 18.8. The molecule has 0 bridgehead atoms. The van der Waals surface area contributed by atoms with Crippen molar-refractivity contribution in [1.82, 2.24) is 4.98 Å². The first-order valence-corrected chi connectivity index (χ1v) is 8.97. The Morgan fingerprint density at radius 3 is 2.67 bits per heavy atom. The van der Waals surface area contributed by atoms with Gasteiger partial charge in [0.05, 0.1) is 5.52 Å². The number of anilines is 1. The maximum Gasteiger partial charge on any atom is 0.251 e. The van der Waals surface area contributed by atoms with Crippen LogP contribution in [-0.4, -0.2) is 24.1 Å². The number of halogens is 1. The Morgan fingerprint density at radius 2 is 1.89 bits per heavy atom. The maximum absolute atomic E-state index is 12.3. The molecule has 0 aliphatic carbocycles. The van der Waals surface area contributed by atoms with Gasteiger partial charge in [0.15, 0.2) is 11.5 Å². The molecular weight excluding hydrogens is 368 g/mol. The standard InChI is InChI=1S/C20H17ClN2O4/c21-14-2-1-3-15(10-14)22-19(24)5-4-12-8-13-9-17-18(27-7-6-26-17)11-16(13)23-20(12)25/h1-3,8-11H,4-7H2,(H,22,24)(H,23,25). The minimum Gasteiger partial charge on any atom is -0.486 e. The molecule has 0 spiro atoms. The lowest BCUT2D eigenvalue weighted by molar-refractivity contribution is -0.116. The summed E-state index contributed by atoms with van der Waals surface area (Å²) in [4.78, 5) is 27.3. The Hall–Kier alpha value is -2.99. The third-order valence-electron chi connectivity index (χ3n) is 4.31. The molecular formula is C20H17ClN2O4. The van der Waals surface area contributed by atoms with Crippen molar-refractivity contribution in [3.63, 3.8) is 0 Å². The third-order valence-corrected chi connectivity index (χ3v) is 4.55. The quantitative estimate of drug-likeness (QED) is 0.721. The van der Waals surface area contributed by atoms with Crippen LogP contribution in [-0.2, 0) is 11.2 Å². The second kappa shape index (κ2) is 7.32. The molecule has 7 heteroatoms. The highest BCUT2D eigenvalue weighted by atomic mass is 35.5. The molecule has 4 rings (SSSR count). The lowest BCUT2D eigenvalue weighted by atomic mass is 10.1. The number of fused-ring (bicyclic) bond motifs is 2.